The number of nitrogens with one attached hydrogen (secondary N) is 1. The fourth-order valence-corrected chi connectivity index (χ4v) is 0.867. The lowest BCUT2D eigenvalue weighted by atomic mass is 10.6. The van der Waals surface area contributed by atoms with Gasteiger partial charge in [-0.15, -0.1) is 11.6 Å². The molecule has 0 aromatic rings. The average molecular weight is 250 g/mol. The van der Waals surface area contributed by atoms with Gasteiger partial charge in [-0.1, -0.05) is 0 Å². The van der Waals surface area contributed by atoms with Crippen molar-refractivity contribution in [3.05, 3.63) is 0 Å². The van der Waals surface area contributed by atoms with Crippen molar-refractivity contribution in [2.24, 2.45) is 0 Å². The quantitative estimate of drug-likeness (QED) is 0.495. The molecule has 0 bridgehead atoms. The summed E-state index contributed by atoms with van der Waals surface area (Å²) >= 11 is 5.35. The van der Waals surface area contributed by atoms with Crippen molar-refractivity contribution >= 4 is 11.6 Å². The molecule has 0 aliphatic carbocycles. The summed E-state index contributed by atoms with van der Waals surface area (Å²) in [5.41, 5.74) is 0. The minimum absolute atomic E-state index is 0.0367. The van der Waals surface area contributed by atoms with Gasteiger partial charge in [-0.2, -0.15) is 13.2 Å². The summed E-state index contributed by atoms with van der Waals surface area (Å²) < 4.78 is 44.2. The van der Waals surface area contributed by atoms with Crippen molar-refractivity contribution in [3.63, 3.8) is 0 Å². The second-order valence-electron chi connectivity index (χ2n) is 2.72. The molecule has 0 unspecified atom stereocenters. The van der Waals surface area contributed by atoms with Crippen molar-refractivity contribution in [1.29, 1.82) is 0 Å². The fourth-order valence-electron chi connectivity index (χ4n) is 0.758. The lowest BCUT2D eigenvalue weighted by molar-refractivity contribution is -0.173. The van der Waals surface area contributed by atoms with Gasteiger partial charge in [0.15, 0.2) is 0 Å². The first-order chi connectivity index (χ1) is 7.06. The molecule has 0 amide bonds. The zero-order valence-electron chi connectivity index (χ0n) is 8.28. The van der Waals surface area contributed by atoms with Crippen LogP contribution in [0, 0.1) is 0 Å². The van der Waals surface area contributed by atoms with Gasteiger partial charge in [0.05, 0.1) is 19.8 Å². The Labute approximate surface area is 91.9 Å². The summed E-state index contributed by atoms with van der Waals surface area (Å²) in [5, 5.41) is 2.87. The van der Waals surface area contributed by atoms with Crippen LogP contribution in [0.1, 0.15) is 0 Å². The molecule has 0 fully saturated rings. The zero-order valence-corrected chi connectivity index (χ0v) is 9.03. The molecule has 0 aromatic carbocycles. The van der Waals surface area contributed by atoms with Crippen LogP contribution >= 0.6 is 11.6 Å². The Balaban J connectivity index is 2.99. The molecule has 92 valence electrons. The van der Waals surface area contributed by atoms with Crippen LogP contribution in [0.15, 0.2) is 0 Å². The first-order valence-corrected chi connectivity index (χ1v) is 5.08. The van der Waals surface area contributed by atoms with Crippen molar-refractivity contribution < 1.29 is 22.6 Å². The third-order valence-corrected chi connectivity index (χ3v) is 1.49. The van der Waals surface area contributed by atoms with Crippen LogP contribution in [0.4, 0.5) is 13.2 Å². The molecule has 1 N–H and O–H groups in total. The minimum Gasteiger partial charge on any atom is -0.379 e. The van der Waals surface area contributed by atoms with Crippen LogP contribution < -0.4 is 5.32 Å². The van der Waals surface area contributed by atoms with Crippen LogP contribution in [-0.4, -0.2) is 51.6 Å². The van der Waals surface area contributed by atoms with E-state index in [1.165, 1.54) is 0 Å². The third-order valence-electron chi connectivity index (χ3n) is 1.33. The van der Waals surface area contributed by atoms with Crippen molar-refractivity contribution in [1.82, 2.24) is 5.32 Å². The van der Waals surface area contributed by atoms with Gasteiger partial charge in [-0.3, -0.25) is 0 Å². The van der Waals surface area contributed by atoms with Gasteiger partial charge < -0.3 is 14.8 Å². The predicted octanol–water partition coefficient (Wildman–Crippen LogP) is 1.41. The zero-order chi connectivity index (χ0) is 11.6. The maximum atomic E-state index is 11.6. The Kier molecular flexibility index (Phi) is 9.18. The SMILES string of the molecule is FC(F)(F)COCCNCCOCCCl. The first-order valence-electron chi connectivity index (χ1n) is 4.55. The van der Waals surface area contributed by atoms with Gasteiger partial charge in [-0.05, 0) is 0 Å². The van der Waals surface area contributed by atoms with E-state index in [9.17, 15) is 13.2 Å². The van der Waals surface area contributed by atoms with E-state index in [0.29, 0.717) is 32.2 Å². The van der Waals surface area contributed by atoms with Gasteiger partial charge in [0.25, 0.3) is 0 Å². The van der Waals surface area contributed by atoms with E-state index in [1.54, 1.807) is 0 Å². The lowest BCUT2D eigenvalue weighted by Crippen LogP contribution is -2.26. The largest absolute Gasteiger partial charge is 0.411 e. The molecule has 0 radical (unpaired) electrons. The van der Waals surface area contributed by atoms with Crippen LogP contribution in [-0.2, 0) is 9.47 Å². The summed E-state index contributed by atoms with van der Waals surface area (Å²) in [6.07, 6.45) is -4.25. The molecule has 0 saturated carbocycles. The predicted molar refractivity (Wildman–Crippen MR) is 51.3 cm³/mol. The summed E-state index contributed by atoms with van der Waals surface area (Å²) in [6, 6.07) is 0. The molecule has 0 aliphatic heterocycles. The smallest absolute Gasteiger partial charge is 0.379 e. The Hall–Kier alpha value is -0.0400. The molecular weight excluding hydrogens is 235 g/mol. The Morgan fingerprint density at radius 1 is 1.00 bits per heavy atom. The number of hydrogen-bond donors (Lipinski definition) is 1. The van der Waals surface area contributed by atoms with E-state index in [4.69, 9.17) is 16.3 Å². The molecule has 0 aromatic heterocycles. The summed E-state index contributed by atoms with van der Waals surface area (Å²) in [7, 11) is 0. The Morgan fingerprint density at radius 2 is 1.60 bits per heavy atom. The fraction of sp³-hybridized carbons (Fsp3) is 1.00. The number of halogens is 4. The molecular formula is C8H15ClF3NO2. The van der Waals surface area contributed by atoms with Crippen LogP contribution in [0.2, 0.25) is 0 Å². The monoisotopic (exact) mass is 249 g/mol. The van der Waals surface area contributed by atoms with E-state index in [2.05, 4.69) is 10.1 Å². The number of hydrogen-bond acceptors (Lipinski definition) is 3. The highest BCUT2D eigenvalue weighted by atomic mass is 35.5. The highest BCUT2D eigenvalue weighted by molar-refractivity contribution is 6.17. The van der Waals surface area contributed by atoms with Crippen LogP contribution in [0.3, 0.4) is 0 Å². The highest BCUT2D eigenvalue weighted by Gasteiger charge is 2.27. The lowest BCUT2D eigenvalue weighted by Gasteiger charge is -2.08. The molecule has 3 nitrogen and oxygen atoms in total. The second kappa shape index (κ2) is 9.21. The van der Waals surface area contributed by atoms with Gasteiger partial charge in [0.2, 0.25) is 0 Å². The van der Waals surface area contributed by atoms with E-state index in [1.807, 2.05) is 0 Å². The molecule has 0 rings (SSSR count). The van der Waals surface area contributed by atoms with E-state index < -0.39 is 12.8 Å². The standard InChI is InChI=1S/C8H15ClF3NO2/c9-1-4-14-5-2-13-3-6-15-7-8(10,11)12/h13H,1-7H2. The molecule has 0 aliphatic rings. The van der Waals surface area contributed by atoms with Crippen molar-refractivity contribution in [2.45, 2.75) is 6.18 Å². The van der Waals surface area contributed by atoms with Gasteiger partial charge in [0.1, 0.15) is 6.61 Å². The van der Waals surface area contributed by atoms with Crippen molar-refractivity contribution in [2.75, 3.05) is 45.4 Å². The average Bonchev–Trinajstić information content (AvgIpc) is 2.14. The second-order valence-corrected chi connectivity index (χ2v) is 3.10. The van der Waals surface area contributed by atoms with E-state index in [0.717, 1.165) is 0 Å². The Morgan fingerprint density at radius 3 is 2.13 bits per heavy atom. The molecule has 0 saturated heterocycles. The van der Waals surface area contributed by atoms with Gasteiger partial charge >= 0.3 is 6.18 Å². The topological polar surface area (TPSA) is 30.5 Å². The minimum atomic E-state index is -4.25. The maximum absolute atomic E-state index is 11.6. The molecule has 15 heavy (non-hydrogen) atoms. The Bertz CT molecular complexity index is 146. The number of ether oxygens (including phenoxy) is 2. The van der Waals surface area contributed by atoms with Gasteiger partial charge in [-0.25, -0.2) is 0 Å². The normalized spacial score (nSPS) is 12.0. The van der Waals surface area contributed by atoms with Crippen molar-refractivity contribution in [3.8, 4) is 0 Å². The number of rotatable bonds is 9. The summed E-state index contributed by atoms with van der Waals surface area (Å²) in [4.78, 5) is 0. The summed E-state index contributed by atoms with van der Waals surface area (Å²) in [6.45, 7) is 0.763. The molecule has 0 spiro atoms. The van der Waals surface area contributed by atoms with Crippen LogP contribution in [0.25, 0.3) is 0 Å². The van der Waals surface area contributed by atoms with Crippen LogP contribution in [0.5, 0.6) is 0 Å². The van der Waals surface area contributed by atoms with E-state index in [-0.39, 0.29) is 6.61 Å². The first kappa shape index (κ1) is 15.0. The highest BCUT2D eigenvalue weighted by Crippen LogP contribution is 2.13. The van der Waals surface area contributed by atoms with E-state index >= 15 is 0 Å². The molecule has 7 heteroatoms. The molecule has 0 atom stereocenters. The summed E-state index contributed by atoms with van der Waals surface area (Å²) in [5.74, 6) is 0.439. The molecule has 0 heterocycles. The van der Waals surface area contributed by atoms with Gasteiger partial charge in [0, 0.05) is 19.0 Å². The third kappa shape index (κ3) is 14.0. The number of alkyl halides is 4. The maximum Gasteiger partial charge on any atom is 0.411 e.